The second kappa shape index (κ2) is 5.70. The normalized spacial score (nSPS) is 14.4. The first kappa shape index (κ1) is 16.3. The summed E-state index contributed by atoms with van der Waals surface area (Å²) < 4.78 is 28.5. The number of alkyl halides is 3. The number of benzene rings is 2. The summed E-state index contributed by atoms with van der Waals surface area (Å²) in [4.78, 5) is -0.758. The van der Waals surface area contributed by atoms with Crippen molar-refractivity contribution in [2.75, 3.05) is 4.90 Å². The average Bonchev–Trinajstić information content (AvgIpc) is 3.07. The Morgan fingerprint density at radius 1 is 1.16 bits per heavy atom. The molecular formula is C20H17BrF2N2. The smallest absolute Gasteiger partial charge is 0.305 e. The van der Waals surface area contributed by atoms with Crippen LogP contribution >= 0.6 is 15.9 Å². The standard InChI is InChI=1S/C20H17BrF2N2/c1-13-18-9-14(11-20(21,22)23)3-4-16(18)12-25(13)17-5-6-19-15(10-17)7-8-24(19)2/h3-10H,1,11-12H2,2H3. The quantitative estimate of drug-likeness (QED) is 0.510. The highest BCUT2D eigenvalue weighted by Gasteiger charge is 2.28. The van der Waals surface area contributed by atoms with E-state index in [2.05, 4.69) is 56.2 Å². The predicted molar refractivity (Wildman–Crippen MR) is 102 cm³/mol. The molecule has 4 rings (SSSR count). The molecule has 5 heteroatoms. The van der Waals surface area contributed by atoms with Crippen LogP contribution in [0.3, 0.4) is 0 Å². The molecule has 0 radical (unpaired) electrons. The lowest BCUT2D eigenvalue weighted by atomic mass is 10.0. The van der Waals surface area contributed by atoms with E-state index >= 15 is 0 Å². The molecule has 0 saturated heterocycles. The molecule has 2 nitrogen and oxygen atoms in total. The Morgan fingerprint density at radius 2 is 1.96 bits per heavy atom. The molecule has 25 heavy (non-hydrogen) atoms. The number of fused-ring (bicyclic) bond motifs is 2. The van der Waals surface area contributed by atoms with Crippen LogP contribution in [0.2, 0.25) is 0 Å². The fourth-order valence-electron chi connectivity index (χ4n) is 3.47. The predicted octanol–water partition coefficient (Wildman–Crippen LogP) is 5.70. The van der Waals surface area contributed by atoms with E-state index in [1.54, 1.807) is 6.07 Å². The van der Waals surface area contributed by atoms with Gasteiger partial charge in [-0.1, -0.05) is 18.7 Å². The van der Waals surface area contributed by atoms with Gasteiger partial charge in [-0.3, -0.25) is 0 Å². The van der Waals surface area contributed by atoms with Gasteiger partial charge in [0.05, 0.1) is 0 Å². The topological polar surface area (TPSA) is 8.17 Å². The number of anilines is 1. The van der Waals surface area contributed by atoms with Crippen LogP contribution in [0.15, 0.2) is 55.2 Å². The Morgan fingerprint density at radius 3 is 2.72 bits per heavy atom. The zero-order valence-electron chi connectivity index (χ0n) is 13.8. The summed E-state index contributed by atoms with van der Waals surface area (Å²) in [6.45, 7) is 4.90. The van der Waals surface area contributed by atoms with Crippen molar-refractivity contribution in [2.24, 2.45) is 7.05 Å². The summed E-state index contributed by atoms with van der Waals surface area (Å²) in [7, 11) is 2.02. The van der Waals surface area contributed by atoms with E-state index in [4.69, 9.17) is 0 Å². The van der Waals surface area contributed by atoms with Crippen LogP contribution in [0, 0.1) is 0 Å². The molecule has 1 aromatic heterocycles. The van der Waals surface area contributed by atoms with Gasteiger partial charge in [-0.05, 0) is 57.4 Å². The Hall–Kier alpha value is -2.14. The zero-order chi connectivity index (χ0) is 17.8. The molecule has 0 bridgehead atoms. The summed E-state index contributed by atoms with van der Waals surface area (Å²) in [6.07, 6.45) is 1.71. The van der Waals surface area contributed by atoms with Crippen molar-refractivity contribution >= 4 is 38.2 Å². The van der Waals surface area contributed by atoms with Gasteiger partial charge in [0, 0.05) is 54.1 Å². The Balaban J connectivity index is 1.67. The minimum atomic E-state index is -2.89. The van der Waals surface area contributed by atoms with Crippen molar-refractivity contribution in [3.63, 3.8) is 0 Å². The maximum Gasteiger partial charge on any atom is 0.305 e. The summed E-state index contributed by atoms with van der Waals surface area (Å²) in [5.74, 6) is 0. The van der Waals surface area contributed by atoms with E-state index in [-0.39, 0.29) is 6.42 Å². The molecule has 3 aromatic rings. The number of halogens is 3. The summed E-state index contributed by atoms with van der Waals surface area (Å²) in [5.41, 5.74) is 5.74. The third kappa shape index (κ3) is 2.97. The third-order valence-corrected chi connectivity index (χ3v) is 5.00. The van der Waals surface area contributed by atoms with Crippen molar-refractivity contribution in [3.8, 4) is 0 Å². The first-order chi connectivity index (χ1) is 11.8. The number of hydrogen-bond acceptors (Lipinski definition) is 1. The maximum atomic E-state index is 13.2. The minimum absolute atomic E-state index is 0.330. The fourth-order valence-corrected chi connectivity index (χ4v) is 3.79. The Kier molecular flexibility index (Phi) is 3.72. The second-order valence-corrected chi connectivity index (χ2v) is 7.65. The summed E-state index contributed by atoms with van der Waals surface area (Å²) in [6, 6.07) is 13.9. The molecule has 0 amide bonds. The van der Waals surface area contributed by atoms with E-state index in [1.807, 2.05) is 25.4 Å². The molecule has 0 saturated carbocycles. The van der Waals surface area contributed by atoms with Crippen molar-refractivity contribution in [1.29, 1.82) is 0 Å². The summed E-state index contributed by atoms with van der Waals surface area (Å²) >= 11 is 2.42. The minimum Gasteiger partial charge on any atom is -0.351 e. The van der Waals surface area contributed by atoms with Crippen molar-refractivity contribution < 1.29 is 8.78 Å². The van der Waals surface area contributed by atoms with Gasteiger partial charge < -0.3 is 9.47 Å². The average molecular weight is 403 g/mol. The van der Waals surface area contributed by atoms with Crippen molar-refractivity contribution in [2.45, 2.75) is 17.8 Å². The van der Waals surface area contributed by atoms with Crippen molar-refractivity contribution in [3.05, 3.63) is 71.9 Å². The number of hydrogen-bond donors (Lipinski definition) is 0. The highest BCUT2D eigenvalue weighted by atomic mass is 79.9. The monoisotopic (exact) mass is 402 g/mol. The van der Waals surface area contributed by atoms with Crippen LogP contribution in [0.25, 0.3) is 16.6 Å². The van der Waals surface area contributed by atoms with Crippen LogP contribution in [-0.4, -0.2) is 9.40 Å². The molecule has 2 aromatic carbocycles. The molecule has 0 spiro atoms. The van der Waals surface area contributed by atoms with Gasteiger partial charge in [0.25, 0.3) is 0 Å². The lowest BCUT2D eigenvalue weighted by Gasteiger charge is -2.20. The van der Waals surface area contributed by atoms with Gasteiger partial charge in [-0.2, -0.15) is 8.78 Å². The number of aromatic nitrogens is 1. The molecule has 2 heterocycles. The molecule has 0 fully saturated rings. The number of nitrogens with zero attached hydrogens (tertiary/aromatic N) is 2. The lowest BCUT2D eigenvalue weighted by molar-refractivity contribution is 0.115. The number of rotatable bonds is 3. The highest BCUT2D eigenvalue weighted by Crippen LogP contribution is 2.38. The van der Waals surface area contributed by atoms with Crippen LogP contribution in [0.5, 0.6) is 0 Å². The van der Waals surface area contributed by atoms with Gasteiger partial charge in [-0.25, -0.2) is 0 Å². The van der Waals surface area contributed by atoms with Gasteiger partial charge in [0.1, 0.15) is 0 Å². The number of aryl methyl sites for hydroxylation is 1. The largest absolute Gasteiger partial charge is 0.351 e. The molecule has 1 aliphatic rings. The van der Waals surface area contributed by atoms with E-state index < -0.39 is 4.83 Å². The van der Waals surface area contributed by atoms with Crippen LogP contribution in [0.4, 0.5) is 14.5 Å². The molecular weight excluding hydrogens is 386 g/mol. The molecule has 0 atom stereocenters. The van der Waals surface area contributed by atoms with Crippen LogP contribution in [0.1, 0.15) is 16.7 Å². The van der Waals surface area contributed by atoms with Gasteiger partial charge >= 0.3 is 4.83 Å². The van der Waals surface area contributed by atoms with Gasteiger partial charge in [-0.15, -0.1) is 0 Å². The second-order valence-electron chi connectivity index (χ2n) is 6.49. The van der Waals surface area contributed by atoms with Crippen LogP contribution < -0.4 is 4.90 Å². The molecule has 128 valence electrons. The zero-order valence-corrected chi connectivity index (χ0v) is 15.4. The highest BCUT2D eigenvalue weighted by molar-refractivity contribution is 9.10. The van der Waals surface area contributed by atoms with Gasteiger partial charge in [0.15, 0.2) is 0 Å². The van der Waals surface area contributed by atoms with Gasteiger partial charge in [0.2, 0.25) is 0 Å². The van der Waals surface area contributed by atoms with Crippen molar-refractivity contribution in [1.82, 2.24) is 4.57 Å². The Labute approximate surface area is 153 Å². The molecule has 0 unspecified atom stereocenters. The summed E-state index contributed by atoms with van der Waals surface area (Å²) in [5, 5.41) is 1.17. The first-order valence-corrected chi connectivity index (χ1v) is 8.81. The molecule has 1 aliphatic heterocycles. The van der Waals surface area contributed by atoms with E-state index in [9.17, 15) is 8.78 Å². The van der Waals surface area contributed by atoms with E-state index in [0.717, 1.165) is 22.5 Å². The van der Waals surface area contributed by atoms with Crippen LogP contribution in [-0.2, 0) is 20.0 Å². The van der Waals surface area contributed by atoms with E-state index in [1.165, 1.54) is 10.9 Å². The third-order valence-electron chi connectivity index (χ3n) is 4.72. The molecule has 0 N–H and O–H groups in total. The fraction of sp³-hybridized carbons (Fsp3) is 0.200. The first-order valence-electron chi connectivity index (χ1n) is 8.02. The SMILES string of the molecule is C=C1c2cc(CC(F)(F)Br)ccc2CN1c1ccc2c(ccn2C)c1. The molecule has 0 aliphatic carbocycles. The lowest BCUT2D eigenvalue weighted by Crippen LogP contribution is -2.12. The van der Waals surface area contributed by atoms with E-state index in [0.29, 0.717) is 12.1 Å². The Bertz CT molecular complexity index is 985. The maximum absolute atomic E-state index is 13.2.